The number of aromatic nitrogens is 2. The molecule has 0 saturated carbocycles. The number of aryl methyl sites for hydroxylation is 1. The van der Waals surface area contributed by atoms with Crippen LogP contribution >= 0.6 is 11.6 Å². The second-order valence-electron chi connectivity index (χ2n) is 5.85. The van der Waals surface area contributed by atoms with Gasteiger partial charge in [-0.2, -0.15) is 0 Å². The van der Waals surface area contributed by atoms with E-state index in [4.69, 9.17) is 17.3 Å². The maximum absolute atomic E-state index is 6.05. The molecule has 0 bridgehead atoms. The van der Waals surface area contributed by atoms with E-state index in [9.17, 15) is 0 Å². The molecule has 4 heteroatoms. The van der Waals surface area contributed by atoms with E-state index in [1.54, 1.807) is 0 Å². The summed E-state index contributed by atoms with van der Waals surface area (Å²) >= 11 is 6.05. The Bertz CT molecular complexity index is 560. The van der Waals surface area contributed by atoms with Crippen LogP contribution < -0.4 is 5.73 Å². The van der Waals surface area contributed by atoms with Crippen molar-refractivity contribution in [2.24, 2.45) is 5.92 Å². The molecule has 0 unspecified atom stereocenters. The van der Waals surface area contributed by atoms with Gasteiger partial charge in [0.15, 0.2) is 0 Å². The van der Waals surface area contributed by atoms with Crippen LogP contribution in [-0.2, 0) is 6.54 Å². The van der Waals surface area contributed by atoms with Gasteiger partial charge in [-0.1, -0.05) is 51.1 Å². The molecule has 1 aromatic heterocycles. The molecular formula is C16H24ClN3. The fraction of sp³-hybridized carbons (Fsp3) is 0.562. The first-order valence-electron chi connectivity index (χ1n) is 7.49. The quantitative estimate of drug-likeness (QED) is 0.740. The van der Waals surface area contributed by atoms with Crippen molar-refractivity contribution in [1.82, 2.24) is 9.55 Å². The highest BCUT2D eigenvalue weighted by molar-refractivity contribution is 6.31. The lowest BCUT2D eigenvalue weighted by atomic mass is 10.0. The zero-order valence-corrected chi connectivity index (χ0v) is 13.2. The van der Waals surface area contributed by atoms with Crippen LogP contribution in [-0.4, -0.2) is 9.55 Å². The van der Waals surface area contributed by atoms with Gasteiger partial charge in [0.2, 0.25) is 5.95 Å². The van der Waals surface area contributed by atoms with E-state index in [0.29, 0.717) is 5.95 Å². The summed E-state index contributed by atoms with van der Waals surface area (Å²) in [7, 11) is 0. The summed E-state index contributed by atoms with van der Waals surface area (Å²) in [5.74, 6) is 1.40. The Labute approximate surface area is 126 Å². The first kappa shape index (κ1) is 15.2. The summed E-state index contributed by atoms with van der Waals surface area (Å²) < 4.78 is 2.07. The van der Waals surface area contributed by atoms with Gasteiger partial charge in [-0.05, 0) is 30.5 Å². The number of nitrogen functional groups attached to an aromatic ring is 1. The molecule has 1 heterocycles. The highest BCUT2D eigenvalue weighted by Gasteiger charge is 2.08. The Morgan fingerprint density at radius 1 is 1.20 bits per heavy atom. The zero-order valence-electron chi connectivity index (χ0n) is 12.4. The van der Waals surface area contributed by atoms with Crippen molar-refractivity contribution in [1.29, 1.82) is 0 Å². The van der Waals surface area contributed by atoms with E-state index in [-0.39, 0.29) is 0 Å². The molecule has 2 rings (SSSR count). The minimum atomic E-state index is 0.587. The van der Waals surface area contributed by atoms with Crippen molar-refractivity contribution in [3.8, 4) is 0 Å². The fourth-order valence-electron chi connectivity index (χ4n) is 2.53. The number of halogens is 1. The molecule has 0 fully saturated rings. The summed E-state index contributed by atoms with van der Waals surface area (Å²) in [6.45, 7) is 5.48. The van der Waals surface area contributed by atoms with E-state index < -0.39 is 0 Å². The average molecular weight is 294 g/mol. The standard InChI is InChI=1S/C16H24ClN3/c1-12(2)7-5-3-4-6-10-20-15-11-13(17)8-9-14(15)19-16(20)18/h8-9,11-12H,3-7,10H2,1-2H3,(H2,18,19). The van der Waals surface area contributed by atoms with Crippen LogP contribution in [0.15, 0.2) is 18.2 Å². The fourth-order valence-corrected chi connectivity index (χ4v) is 2.69. The van der Waals surface area contributed by atoms with E-state index in [0.717, 1.165) is 34.9 Å². The molecule has 0 amide bonds. The van der Waals surface area contributed by atoms with Crippen molar-refractivity contribution in [3.05, 3.63) is 23.2 Å². The van der Waals surface area contributed by atoms with Gasteiger partial charge in [-0.25, -0.2) is 4.98 Å². The molecule has 0 saturated heterocycles. The highest BCUT2D eigenvalue weighted by Crippen LogP contribution is 2.22. The number of benzene rings is 1. The average Bonchev–Trinajstić information content (AvgIpc) is 2.69. The van der Waals surface area contributed by atoms with Crippen LogP contribution in [0, 0.1) is 5.92 Å². The molecule has 3 nitrogen and oxygen atoms in total. The summed E-state index contributed by atoms with van der Waals surface area (Å²) in [4.78, 5) is 4.37. The molecule has 20 heavy (non-hydrogen) atoms. The lowest BCUT2D eigenvalue weighted by Gasteiger charge is -2.07. The number of hydrogen-bond acceptors (Lipinski definition) is 2. The van der Waals surface area contributed by atoms with Crippen molar-refractivity contribution >= 4 is 28.6 Å². The van der Waals surface area contributed by atoms with Crippen LogP contribution in [0.2, 0.25) is 5.02 Å². The third-order valence-corrected chi connectivity index (χ3v) is 3.89. The second kappa shape index (κ2) is 6.98. The van der Waals surface area contributed by atoms with Crippen molar-refractivity contribution < 1.29 is 0 Å². The third-order valence-electron chi connectivity index (χ3n) is 3.65. The van der Waals surface area contributed by atoms with Crippen LogP contribution in [0.4, 0.5) is 5.95 Å². The number of rotatable bonds is 7. The third kappa shape index (κ3) is 3.89. The highest BCUT2D eigenvalue weighted by atomic mass is 35.5. The molecule has 0 atom stereocenters. The Hall–Kier alpha value is -1.22. The Morgan fingerprint density at radius 2 is 1.95 bits per heavy atom. The lowest BCUT2D eigenvalue weighted by molar-refractivity contribution is 0.508. The van der Waals surface area contributed by atoms with Gasteiger partial charge in [0.25, 0.3) is 0 Å². The SMILES string of the molecule is CC(C)CCCCCCn1c(N)nc2ccc(Cl)cc21. The molecule has 0 aliphatic carbocycles. The van der Waals surface area contributed by atoms with Crippen LogP contribution in [0.25, 0.3) is 11.0 Å². The topological polar surface area (TPSA) is 43.8 Å². The zero-order chi connectivity index (χ0) is 14.5. The van der Waals surface area contributed by atoms with Crippen LogP contribution in [0.3, 0.4) is 0 Å². The smallest absolute Gasteiger partial charge is 0.201 e. The van der Waals surface area contributed by atoms with Gasteiger partial charge >= 0.3 is 0 Å². The number of nitrogens with zero attached hydrogens (tertiary/aromatic N) is 2. The Balaban J connectivity index is 1.89. The van der Waals surface area contributed by atoms with E-state index in [2.05, 4.69) is 23.4 Å². The minimum absolute atomic E-state index is 0.587. The van der Waals surface area contributed by atoms with E-state index >= 15 is 0 Å². The summed E-state index contributed by atoms with van der Waals surface area (Å²) in [5, 5.41) is 0.732. The van der Waals surface area contributed by atoms with Gasteiger partial charge in [0, 0.05) is 11.6 Å². The summed E-state index contributed by atoms with van der Waals surface area (Å²) in [5.41, 5.74) is 7.95. The van der Waals surface area contributed by atoms with Gasteiger partial charge in [-0.3, -0.25) is 0 Å². The van der Waals surface area contributed by atoms with Crippen molar-refractivity contribution in [2.75, 3.05) is 5.73 Å². The molecule has 2 N–H and O–H groups in total. The molecular weight excluding hydrogens is 270 g/mol. The first-order valence-corrected chi connectivity index (χ1v) is 7.87. The number of hydrogen-bond donors (Lipinski definition) is 1. The summed E-state index contributed by atoms with van der Waals surface area (Å²) in [6, 6.07) is 5.72. The maximum Gasteiger partial charge on any atom is 0.201 e. The molecule has 2 aromatic rings. The first-order chi connectivity index (χ1) is 9.58. The predicted molar refractivity (Wildman–Crippen MR) is 87.1 cm³/mol. The van der Waals surface area contributed by atoms with Gasteiger partial charge in [0.05, 0.1) is 11.0 Å². The van der Waals surface area contributed by atoms with E-state index in [1.807, 2.05) is 18.2 Å². The van der Waals surface area contributed by atoms with Crippen molar-refractivity contribution in [2.45, 2.75) is 52.5 Å². The van der Waals surface area contributed by atoms with Gasteiger partial charge < -0.3 is 10.3 Å². The monoisotopic (exact) mass is 293 g/mol. The van der Waals surface area contributed by atoms with Crippen molar-refractivity contribution in [3.63, 3.8) is 0 Å². The van der Waals surface area contributed by atoms with Gasteiger partial charge in [0.1, 0.15) is 0 Å². The Kier molecular flexibility index (Phi) is 5.30. The second-order valence-corrected chi connectivity index (χ2v) is 6.29. The Morgan fingerprint density at radius 3 is 2.70 bits per heavy atom. The number of nitrogens with two attached hydrogens (primary N) is 1. The molecule has 0 aliphatic rings. The molecule has 1 aromatic carbocycles. The predicted octanol–water partition coefficient (Wildman–Crippen LogP) is 4.88. The lowest BCUT2D eigenvalue weighted by Crippen LogP contribution is -2.03. The number of fused-ring (bicyclic) bond motifs is 1. The number of imidazole rings is 1. The van der Waals surface area contributed by atoms with E-state index in [1.165, 1.54) is 25.7 Å². The number of anilines is 1. The minimum Gasteiger partial charge on any atom is -0.369 e. The molecule has 0 spiro atoms. The van der Waals surface area contributed by atoms with Crippen LogP contribution in [0.5, 0.6) is 0 Å². The van der Waals surface area contributed by atoms with Gasteiger partial charge in [-0.15, -0.1) is 0 Å². The molecule has 0 radical (unpaired) electrons. The summed E-state index contributed by atoms with van der Waals surface area (Å²) in [6.07, 6.45) is 6.33. The molecule has 0 aliphatic heterocycles. The largest absolute Gasteiger partial charge is 0.369 e. The van der Waals surface area contributed by atoms with Crippen LogP contribution in [0.1, 0.15) is 46.0 Å². The maximum atomic E-state index is 6.05. The normalized spacial score (nSPS) is 11.6. The molecule has 110 valence electrons. The number of unbranched alkanes of at least 4 members (excludes halogenated alkanes) is 3.